The van der Waals surface area contributed by atoms with Gasteiger partial charge in [0.05, 0.1) is 19.8 Å². The number of carbonyl (C=O) groups excluding carboxylic acids is 1. The molecule has 2 N–H and O–H groups in total. The molecule has 7 nitrogen and oxygen atoms in total. The molecular weight excluding hydrogens is 262 g/mol. The van der Waals surface area contributed by atoms with Crippen LogP contribution in [0.4, 0.5) is 4.79 Å². The second kappa shape index (κ2) is 4.98. The Morgan fingerprint density at radius 2 is 1.95 bits per heavy atom. The quantitative estimate of drug-likeness (QED) is 0.814. The Labute approximate surface area is 118 Å². The highest BCUT2D eigenvalue weighted by atomic mass is 16.7. The van der Waals surface area contributed by atoms with Crippen molar-refractivity contribution >= 4 is 11.9 Å². The van der Waals surface area contributed by atoms with Gasteiger partial charge in [-0.15, -0.1) is 0 Å². The molecule has 0 atom stereocenters. The monoisotopic (exact) mass is 283 g/mol. The molecule has 2 amide bonds. The molecule has 2 fully saturated rings. The second-order valence-electron chi connectivity index (χ2n) is 5.56. The van der Waals surface area contributed by atoms with E-state index < -0.39 is 11.3 Å². The summed E-state index contributed by atoms with van der Waals surface area (Å²) in [5, 5.41) is 0. The number of carbonyl (C=O) groups is 1. The van der Waals surface area contributed by atoms with Gasteiger partial charge in [0, 0.05) is 26.5 Å². The smallest absolute Gasteiger partial charge is 0.346 e. The van der Waals surface area contributed by atoms with Gasteiger partial charge < -0.3 is 24.8 Å². The van der Waals surface area contributed by atoms with Crippen LogP contribution in [-0.4, -0.2) is 61.6 Å². The average molecular weight is 283 g/mol. The Balaban J connectivity index is 1.76. The van der Waals surface area contributed by atoms with E-state index in [-0.39, 0.29) is 6.03 Å². The molecule has 20 heavy (non-hydrogen) atoms. The zero-order chi connectivity index (χ0) is 14.2. The highest BCUT2D eigenvalue weighted by Gasteiger charge is 2.54. The molecule has 0 radical (unpaired) electrons. The average Bonchev–Trinajstić information content (AvgIpc) is 2.97. The van der Waals surface area contributed by atoms with Crippen molar-refractivity contribution in [2.75, 3.05) is 33.5 Å². The number of hydrogen-bond acceptors (Lipinski definition) is 5. The summed E-state index contributed by atoms with van der Waals surface area (Å²) in [6.45, 7) is 2.27. The highest BCUT2D eigenvalue weighted by molar-refractivity contribution is 6.05. The summed E-state index contributed by atoms with van der Waals surface area (Å²) in [6, 6.07) is -0.260. The van der Waals surface area contributed by atoms with Crippen molar-refractivity contribution in [1.29, 1.82) is 0 Å². The van der Waals surface area contributed by atoms with E-state index in [2.05, 4.69) is 4.99 Å². The maximum Gasteiger partial charge on any atom is 0.346 e. The first-order valence-corrected chi connectivity index (χ1v) is 7.05. The van der Waals surface area contributed by atoms with Gasteiger partial charge in [0.25, 0.3) is 0 Å². The number of hydrogen-bond donors (Lipinski definition) is 1. The Bertz CT molecular complexity index is 421. The largest absolute Gasteiger partial charge is 0.385 e. The van der Waals surface area contributed by atoms with Gasteiger partial charge in [0.1, 0.15) is 11.4 Å². The number of aliphatic imine (C=N–C) groups is 1. The lowest BCUT2D eigenvalue weighted by molar-refractivity contribution is -0.186. The Morgan fingerprint density at radius 3 is 2.55 bits per heavy atom. The van der Waals surface area contributed by atoms with Crippen molar-refractivity contribution in [3.05, 3.63) is 0 Å². The fourth-order valence-electron chi connectivity index (χ4n) is 3.44. The van der Waals surface area contributed by atoms with Crippen LogP contribution >= 0.6 is 0 Å². The summed E-state index contributed by atoms with van der Waals surface area (Å²) in [5.74, 6) is -0.0455. The van der Waals surface area contributed by atoms with Gasteiger partial charge in [0.15, 0.2) is 5.79 Å². The Morgan fingerprint density at radius 1 is 1.30 bits per heavy atom. The highest BCUT2D eigenvalue weighted by Crippen LogP contribution is 2.44. The minimum Gasteiger partial charge on any atom is -0.385 e. The molecule has 0 aromatic carbocycles. The lowest BCUT2D eigenvalue weighted by atomic mass is 9.77. The van der Waals surface area contributed by atoms with Gasteiger partial charge in [0.2, 0.25) is 0 Å². The molecule has 2 heterocycles. The van der Waals surface area contributed by atoms with Crippen molar-refractivity contribution in [1.82, 2.24) is 4.90 Å². The summed E-state index contributed by atoms with van der Waals surface area (Å²) >= 11 is 0. The van der Waals surface area contributed by atoms with Crippen LogP contribution in [0.1, 0.15) is 25.7 Å². The van der Waals surface area contributed by atoms with Crippen LogP contribution in [-0.2, 0) is 14.2 Å². The van der Waals surface area contributed by atoms with E-state index >= 15 is 0 Å². The standard InChI is InChI=1S/C13H21N3O4/c1-18-7-6-16-11(17)15-10(14)12(16)2-4-13(5-3-12)19-8-9-20-13/h2-9H2,1H3,(H2,14,15,17). The summed E-state index contributed by atoms with van der Waals surface area (Å²) < 4.78 is 16.5. The number of nitrogens with zero attached hydrogens (tertiary/aromatic N) is 2. The van der Waals surface area contributed by atoms with Crippen LogP contribution in [0.25, 0.3) is 0 Å². The first kappa shape index (κ1) is 13.8. The minimum absolute atomic E-state index is 0.260. The minimum atomic E-state index is -0.476. The van der Waals surface area contributed by atoms with E-state index in [4.69, 9.17) is 19.9 Å². The van der Waals surface area contributed by atoms with Crippen molar-refractivity contribution in [2.45, 2.75) is 37.0 Å². The summed E-state index contributed by atoms with van der Waals surface area (Å²) in [4.78, 5) is 17.7. The molecule has 0 aromatic rings. The van der Waals surface area contributed by atoms with Crippen molar-refractivity contribution in [3.8, 4) is 0 Å². The van der Waals surface area contributed by atoms with E-state index in [1.165, 1.54) is 0 Å². The third-order valence-corrected chi connectivity index (χ3v) is 4.61. The topological polar surface area (TPSA) is 86.4 Å². The maximum atomic E-state index is 12.0. The molecule has 1 aliphatic carbocycles. The molecule has 0 unspecified atom stereocenters. The molecule has 7 heteroatoms. The summed E-state index contributed by atoms with van der Waals surface area (Å²) in [6.07, 6.45) is 2.91. The van der Waals surface area contributed by atoms with Crippen LogP contribution in [0.15, 0.2) is 4.99 Å². The third-order valence-electron chi connectivity index (χ3n) is 4.61. The predicted octanol–water partition coefficient (Wildman–Crippen LogP) is 0.482. The fourth-order valence-corrected chi connectivity index (χ4v) is 3.44. The van der Waals surface area contributed by atoms with Crippen molar-refractivity contribution in [3.63, 3.8) is 0 Å². The Kier molecular flexibility index (Phi) is 3.43. The molecule has 0 aromatic heterocycles. The SMILES string of the molecule is COCCN1C(=O)N=C(N)C12CCC1(CC2)OCCO1. The van der Waals surface area contributed by atoms with Gasteiger partial charge in [-0.3, -0.25) is 0 Å². The molecular formula is C13H21N3O4. The number of rotatable bonds is 3. The summed E-state index contributed by atoms with van der Waals surface area (Å²) in [5.41, 5.74) is 5.57. The van der Waals surface area contributed by atoms with Crippen LogP contribution < -0.4 is 5.73 Å². The lowest BCUT2D eigenvalue weighted by Crippen LogP contribution is -2.59. The van der Waals surface area contributed by atoms with Crippen LogP contribution in [0.2, 0.25) is 0 Å². The molecule has 1 saturated carbocycles. The van der Waals surface area contributed by atoms with Gasteiger partial charge in [-0.25, -0.2) is 4.79 Å². The zero-order valence-corrected chi connectivity index (χ0v) is 11.8. The van der Waals surface area contributed by atoms with Gasteiger partial charge in [-0.2, -0.15) is 4.99 Å². The van der Waals surface area contributed by atoms with E-state index in [0.29, 0.717) is 32.2 Å². The normalized spacial score (nSPS) is 27.6. The lowest BCUT2D eigenvalue weighted by Gasteiger charge is -2.45. The fraction of sp³-hybridized carbons (Fsp3) is 0.846. The second-order valence-corrected chi connectivity index (χ2v) is 5.56. The number of ether oxygens (including phenoxy) is 3. The first-order valence-electron chi connectivity index (χ1n) is 7.05. The van der Waals surface area contributed by atoms with Crippen LogP contribution in [0.5, 0.6) is 0 Å². The number of amidine groups is 1. The van der Waals surface area contributed by atoms with E-state index in [1.54, 1.807) is 12.0 Å². The molecule has 112 valence electrons. The van der Waals surface area contributed by atoms with E-state index in [9.17, 15) is 4.79 Å². The molecule has 0 bridgehead atoms. The van der Waals surface area contributed by atoms with Gasteiger partial charge >= 0.3 is 6.03 Å². The van der Waals surface area contributed by atoms with E-state index in [0.717, 1.165) is 25.7 Å². The van der Waals surface area contributed by atoms with Crippen LogP contribution in [0, 0.1) is 0 Å². The molecule has 1 saturated heterocycles. The van der Waals surface area contributed by atoms with Gasteiger partial charge in [-0.1, -0.05) is 0 Å². The van der Waals surface area contributed by atoms with Crippen molar-refractivity contribution < 1.29 is 19.0 Å². The number of urea groups is 1. The van der Waals surface area contributed by atoms with E-state index in [1.807, 2.05) is 0 Å². The van der Waals surface area contributed by atoms with Crippen molar-refractivity contribution in [2.24, 2.45) is 10.7 Å². The maximum absolute atomic E-state index is 12.0. The first-order chi connectivity index (χ1) is 9.62. The molecule has 2 spiro atoms. The molecule has 3 aliphatic rings. The molecule has 2 aliphatic heterocycles. The van der Waals surface area contributed by atoms with Crippen LogP contribution in [0.3, 0.4) is 0 Å². The molecule has 3 rings (SSSR count). The number of nitrogens with two attached hydrogens (primary N) is 1. The predicted molar refractivity (Wildman–Crippen MR) is 71.4 cm³/mol. The number of methoxy groups -OCH3 is 1. The third kappa shape index (κ3) is 2.01. The zero-order valence-electron chi connectivity index (χ0n) is 11.8. The summed E-state index contributed by atoms with van der Waals surface area (Å²) in [7, 11) is 1.62. The van der Waals surface area contributed by atoms with Gasteiger partial charge in [-0.05, 0) is 12.8 Å². The number of amides is 2. The Hall–Kier alpha value is -1.18.